The summed E-state index contributed by atoms with van der Waals surface area (Å²) >= 11 is 0. The van der Waals surface area contributed by atoms with Gasteiger partial charge in [0.25, 0.3) is 0 Å². The van der Waals surface area contributed by atoms with E-state index in [-0.39, 0.29) is 18.6 Å². The molecule has 5 nitrogen and oxygen atoms in total. The second-order valence-electron chi connectivity index (χ2n) is 6.17. The second-order valence-corrected chi connectivity index (χ2v) is 6.17. The molecule has 0 fully saturated rings. The Labute approximate surface area is 121 Å². The molecule has 5 heteroatoms. The summed E-state index contributed by atoms with van der Waals surface area (Å²) in [5.41, 5.74) is 0.351. The van der Waals surface area contributed by atoms with Crippen LogP contribution in [0.15, 0.2) is 12.2 Å². The van der Waals surface area contributed by atoms with Gasteiger partial charge in [0.1, 0.15) is 13.2 Å². The summed E-state index contributed by atoms with van der Waals surface area (Å²) in [6.45, 7) is 14.1. The van der Waals surface area contributed by atoms with Crippen molar-refractivity contribution in [1.82, 2.24) is 5.32 Å². The van der Waals surface area contributed by atoms with Crippen molar-refractivity contribution in [2.24, 2.45) is 11.3 Å². The van der Waals surface area contributed by atoms with Crippen LogP contribution in [-0.2, 0) is 14.3 Å². The Hall–Kier alpha value is -1.52. The summed E-state index contributed by atoms with van der Waals surface area (Å²) < 4.78 is 9.72. The Morgan fingerprint density at radius 2 is 1.75 bits per heavy atom. The number of carbonyl (C=O) groups is 2. The van der Waals surface area contributed by atoms with Crippen molar-refractivity contribution in [3.05, 3.63) is 12.2 Å². The lowest BCUT2D eigenvalue weighted by molar-refractivity contribution is -0.139. The third-order valence-electron chi connectivity index (χ3n) is 2.57. The first-order chi connectivity index (χ1) is 9.14. The summed E-state index contributed by atoms with van der Waals surface area (Å²) in [7, 11) is 0. The van der Waals surface area contributed by atoms with E-state index in [9.17, 15) is 9.59 Å². The quantitative estimate of drug-likeness (QED) is 0.423. The molecule has 20 heavy (non-hydrogen) atoms. The van der Waals surface area contributed by atoms with Gasteiger partial charge in [-0.2, -0.15) is 0 Å². The fourth-order valence-corrected chi connectivity index (χ4v) is 1.93. The highest BCUT2D eigenvalue weighted by Gasteiger charge is 2.20. The Morgan fingerprint density at radius 3 is 2.25 bits per heavy atom. The zero-order valence-corrected chi connectivity index (χ0v) is 13.2. The monoisotopic (exact) mass is 285 g/mol. The first kappa shape index (κ1) is 18.5. The van der Waals surface area contributed by atoms with Gasteiger partial charge >= 0.3 is 12.1 Å². The highest BCUT2D eigenvalue weighted by molar-refractivity contribution is 5.86. The fraction of sp³-hybridized carbons (Fsp3) is 0.733. The minimum atomic E-state index is -0.492. The van der Waals surface area contributed by atoms with Crippen LogP contribution in [0.1, 0.15) is 41.0 Å². The van der Waals surface area contributed by atoms with E-state index in [0.717, 1.165) is 6.42 Å². The topological polar surface area (TPSA) is 64.6 Å². The number of amides is 1. The van der Waals surface area contributed by atoms with Crippen molar-refractivity contribution < 1.29 is 19.1 Å². The summed E-state index contributed by atoms with van der Waals surface area (Å²) in [4.78, 5) is 22.5. The van der Waals surface area contributed by atoms with E-state index in [1.165, 1.54) is 0 Å². The molecule has 0 unspecified atom stereocenters. The van der Waals surface area contributed by atoms with Crippen molar-refractivity contribution in [3.8, 4) is 0 Å². The largest absolute Gasteiger partial charge is 0.459 e. The molecule has 0 saturated carbocycles. The summed E-state index contributed by atoms with van der Waals surface area (Å²) in [5.74, 6) is 0.0939. The van der Waals surface area contributed by atoms with E-state index in [1.54, 1.807) is 6.92 Å². The van der Waals surface area contributed by atoms with Crippen molar-refractivity contribution in [3.63, 3.8) is 0 Å². The van der Waals surface area contributed by atoms with E-state index in [1.807, 2.05) is 0 Å². The van der Waals surface area contributed by atoms with Gasteiger partial charge in [0.15, 0.2) is 0 Å². The third kappa shape index (κ3) is 9.42. The van der Waals surface area contributed by atoms with Crippen molar-refractivity contribution in [2.45, 2.75) is 41.0 Å². The van der Waals surface area contributed by atoms with Gasteiger partial charge < -0.3 is 14.8 Å². The van der Waals surface area contributed by atoms with Gasteiger partial charge in [0, 0.05) is 12.1 Å². The molecule has 0 aromatic heterocycles. The maximum Gasteiger partial charge on any atom is 0.407 e. The van der Waals surface area contributed by atoms with Crippen molar-refractivity contribution in [1.29, 1.82) is 0 Å². The molecule has 0 aliphatic rings. The number of esters is 1. The first-order valence-corrected chi connectivity index (χ1v) is 6.87. The molecule has 0 spiro atoms. The van der Waals surface area contributed by atoms with Gasteiger partial charge in [-0.3, -0.25) is 0 Å². The number of hydrogen-bond acceptors (Lipinski definition) is 4. The lowest BCUT2D eigenvalue weighted by atomic mass is 9.84. The molecule has 0 aliphatic carbocycles. The molecule has 0 radical (unpaired) electrons. The smallest absolute Gasteiger partial charge is 0.407 e. The standard InChI is InChI=1S/C15H27NO4/c1-11(2)9-15(5,6)10-16-14(18)20-8-7-19-13(17)12(3)4/h11H,3,7-10H2,1-2,4-6H3,(H,16,18). The van der Waals surface area contributed by atoms with Crippen LogP contribution in [0.25, 0.3) is 0 Å². The fourth-order valence-electron chi connectivity index (χ4n) is 1.93. The molecular formula is C15H27NO4. The Morgan fingerprint density at radius 1 is 1.20 bits per heavy atom. The zero-order valence-electron chi connectivity index (χ0n) is 13.2. The van der Waals surface area contributed by atoms with Gasteiger partial charge in [0.2, 0.25) is 0 Å². The molecule has 1 N–H and O–H groups in total. The highest BCUT2D eigenvalue weighted by Crippen LogP contribution is 2.23. The Kier molecular flexibility index (Phi) is 7.96. The second kappa shape index (κ2) is 8.61. The molecule has 0 saturated heterocycles. The van der Waals surface area contributed by atoms with Crippen LogP contribution in [0, 0.1) is 11.3 Å². The molecule has 0 heterocycles. The lowest BCUT2D eigenvalue weighted by Gasteiger charge is -2.26. The molecule has 0 aromatic rings. The maximum atomic E-state index is 11.5. The van der Waals surface area contributed by atoms with Crippen LogP contribution in [0.5, 0.6) is 0 Å². The average molecular weight is 285 g/mol. The number of hydrogen-bond donors (Lipinski definition) is 1. The van der Waals surface area contributed by atoms with E-state index in [0.29, 0.717) is 18.0 Å². The Bertz CT molecular complexity index is 348. The molecule has 1 amide bonds. The first-order valence-electron chi connectivity index (χ1n) is 6.87. The van der Waals surface area contributed by atoms with Gasteiger partial charge in [-0.15, -0.1) is 0 Å². The molecule has 116 valence electrons. The number of ether oxygens (including phenoxy) is 2. The van der Waals surface area contributed by atoms with Crippen LogP contribution in [-0.4, -0.2) is 31.8 Å². The molecule has 0 bridgehead atoms. The summed E-state index contributed by atoms with van der Waals surface area (Å²) in [6.07, 6.45) is 0.525. The zero-order chi connectivity index (χ0) is 15.8. The SMILES string of the molecule is C=C(C)C(=O)OCCOC(=O)NCC(C)(C)CC(C)C. The minimum Gasteiger partial charge on any atom is -0.459 e. The van der Waals surface area contributed by atoms with Gasteiger partial charge in [-0.1, -0.05) is 34.3 Å². The summed E-state index contributed by atoms with van der Waals surface area (Å²) in [5, 5.41) is 2.72. The number of carbonyl (C=O) groups excluding carboxylic acids is 2. The predicted octanol–water partition coefficient (Wildman–Crippen LogP) is 2.90. The normalized spacial score (nSPS) is 11.1. The van der Waals surface area contributed by atoms with E-state index < -0.39 is 12.1 Å². The van der Waals surface area contributed by atoms with Crippen LogP contribution in [0.3, 0.4) is 0 Å². The average Bonchev–Trinajstić information content (AvgIpc) is 2.30. The van der Waals surface area contributed by atoms with E-state index in [4.69, 9.17) is 9.47 Å². The Balaban J connectivity index is 3.79. The van der Waals surface area contributed by atoms with Crippen LogP contribution >= 0.6 is 0 Å². The number of nitrogens with one attached hydrogen (secondary N) is 1. The minimum absolute atomic E-state index is 0.0274. The summed E-state index contributed by atoms with van der Waals surface area (Å²) in [6, 6.07) is 0. The van der Waals surface area contributed by atoms with Gasteiger partial charge in [-0.05, 0) is 24.7 Å². The van der Waals surface area contributed by atoms with Gasteiger partial charge in [-0.25, -0.2) is 9.59 Å². The van der Waals surface area contributed by atoms with Crippen LogP contribution in [0.2, 0.25) is 0 Å². The molecule has 0 aromatic carbocycles. The molecular weight excluding hydrogens is 258 g/mol. The van der Waals surface area contributed by atoms with Gasteiger partial charge in [0.05, 0.1) is 0 Å². The van der Waals surface area contributed by atoms with Crippen molar-refractivity contribution >= 4 is 12.1 Å². The van der Waals surface area contributed by atoms with Crippen molar-refractivity contribution in [2.75, 3.05) is 19.8 Å². The van der Waals surface area contributed by atoms with E-state index >= 15 is 0 Å². The highest BCUT2D eigenvalue weighted by atomic mass is 16.6. The number of rotatable bonds is 8. The third-order valence-corrected chi connectivity index (χ3v) is 2.57. The number of alkyl carbamates (subject to hydrolysis) is 1. The molecule has 0 rings (SSSR count). The van der Waals surface area contributed by atoms with E-state index in [2.05, 4.69) is 39.6 Å². The maximum absolute atomic E-state index is 11.5. The molecule has 0 aliphatic heterocycles. The lowest BCUT2D eigenvalue weighted by Crippen LogP contribution is -2.35. The predicted molar refractivity (Wildman–Crippen MR) is 78.4 cm³/mol. The molecule has 0 atom stereocenters. The van der Waals surface area contributed by atoms with Crippen LogP contribution in [0.4, 0.5) is 4.79 Å². The van der Waals surface area contributed by atoms with Crippen LogP contribution < -0.4 is 5.32 Å².